The predicted molar refractivity (Wildman–Crippen MR) is 117 cm³/mol. The molecule has 0 N–H and O–H groups in total. The fourth-order valence-corrected chi connectivity index (χ4v) is 3.97. The van der Waals surface area contributed by atoms with E-state index in [0.29, 0.717) is 0 Å². The average molecular weight is 403 g/mol. The molecular formula is C23H22N4OS. The molecule has 0 atom stereocenters. The van der Waals surface area contributed by atoms with E-state index in [9.17, 15) is 0 Å². The van der Waals surface area contributed by atoms with E-state index in [2.05, 4.69) is 50.9 Å². The van der Waals surface area contributed by atoms with E-state index in [1.807, 2.05) is 48.8 Å². The number of pyridine rings is 1. The van der Waals surface area contributed by atoms with Crippen molar-refractivity contribution in [2.24, 2.45) is 0 Å². The van der Waals surface area contributed by atoms with Crippen molar-refractivity contribution >= 4 is 11.8 Å². The molecule has 29 heavy (non-hydrogen) atoms. The molecule has 0 unspecified atom stereocenters. The Bertz CT molecular complexity index is 1060. The lowest BCUT2D eigenvalue weighted by molar-refractivity contribution is 0.415. The summed E-state index contributed by atoms with van der Waals surface area (Å²) in [6.45, 7) is 2.09. The van der Waals surface area contributed by atoms with Crippen LogP contribution in [0, 0.1) is 6.92 Å². The summed E-state index contributed by atoms with van der Waals surface area (Å²) in [6, 6.07) is 20.5. The van der Waals surface area contributed by atoms with Gasteiger partial charge >= 0.3 is 0 Å². The van der Waals surface area contributed by atoms with Gasteiger partial charge in [-0.2, -0.15) is 0 Å². The highest BCUT2D eigenvalue weighted by molar-refractivity contribution is 7.99. The number of nitrogens with zero attached hydrogens (tertiary/aromatic N) is 4. The topological polar surface area (TPSA) is 52.8 Å². The maximum Gasteiger partial charge on any atom is 0.196 e. The van der Waals surface area contributed by atoms with Gasteiger partial charge in [-0.05, 0) is 67.4 Å². The van der Waals surface area contributed by atoms with Gasteiger partial charge in [-0.3, -0.25) is 9.55 Å². The Hall–Kier alpha value is -3.12. The van der Waals surface area contributed by atoms with Gasteiger partial charge in [0.25, 0.3) is 0 Å². The summed E-state index contributed by atoms with van der Waals surface area (Å²) in [5, 5.41) is 9.89. The summed E-state index contributed by atoms with van der Waals surface area (Å²) in [4.78, 5) is 4.08. The Morgan fingerprint density at radius 2 is 1.62 bits per heavy atom. The second-order valence-corrected chi connectivity index (χ2v) is 7.72. The van der Waals surface area contributed by atoms with Crippen molar-refractivity contribution in [3.8, 4) is 22.8 Å². The standard InChI is InChI=1S/C23H22N4OS/c1-17-3-7-20(8-4-17)27-22(19-5-9-21(28-2)10-6-19)25-26-23(27)29-16-13-18-11-14-24-15-12-18/h3-12,14-15H,13,16H2,1-2H3. The minimum Gasteiger partial charge on any atom is -0.497 e. The molecule has 2 aromatic carbocycles. The number of aryl methyl sites for hydroxylation is 2. The van der Waals surface area contributed by atoms with Gasteiger partial charge in [0, 0.05) is 29.4 Å². The number of thioether (sulfide) groups is 1. The normalized spacial score (nSPS) is 10.8. The molecule has 0 saturated carbocycles. The Morgan fingerprint density at radius 3 is 2.31 bits per heavy atom. The summed E-state index contributed by atoms with van der Waals surface area (Å²) in [5.74, 6) is 2.56. The molecule has 2 aromatic heterocycles. The van der Waals surface area contributed by atoms with Gasteiger partial charge in [-0.15, -0.1) is 10.2 Å². The zero-order chi connectivity index (χ0) is 20.1. The maximum absolute atomic E-state index is 5.28. The highest BCUT2D eigenvalue weighted by Gasteiger charge is 2.16. The van der Waals surface area contributed by atoms with Gasteiger partial charge in [0.15, 0.2) is 11.0 Å². The Kier molecular flexibility index (Phi) is 5.91. The Morgan fingerprint density at radius 1 is 0.897 bits per heavy atom. The highest BCUT2D eigenvalue weighted by Crippen LogP contribution is 2.29. The lowest BCUT2D eigenvalue weighted by Gasteiger charge is -2.11. The molecule has 146 valence electrons. The fourth-order valence-electron chi connectivity index (χ4n) is 3.03. The number of hydrogen-bond donors (Lipinski definition) is 0. The predicted octanol–water partition coefficient (Wildman–Crippen LogP) is 4.98. The molecule has 0 saturated heterocycles. The van der Waals surface area contributed by atoms with Crippen molar-refractivity contribution in [2.75, 3.05) is 12.9 Å². The zero-order valence-corrected chi connectivity index (χ0v) is 17.3. The number of ether oxygens (including phenoxy) is 1. The number of methoxy groups -OCH3 is 1. The number of aromatic nitrogens is 4. The van der Waals surface area contributed by atoms with Crippen LogP contribution in [0.25, 0.3) is 17.1 Å². The van der Waals surface area contributed by atoms with Crippen LogP contribution in [-0.4, -0.2) is 32.6 Å². The molecular weight excluding hydrogens is 380 g/mol. The molecule has 0 amide bonds. The van der Waals surface area contributed by atoms with Crippen molar-refractivity contribution in [3.05, 3.63) is 84.2 Å². The minimum absolute atomic E-state index is 0.821. The van der Waals surface area contributed by atoms with Gasteiger partial charge in [-0.25, -0.2) is 0 Å². The van der Waals surface area contributed by atoms with Crippen molar-refractivity contribution in [1.82, 2.24) is 19.7 Å². The summed E-state index contributed by atoms with van der Waals surface area (Å²) < 4.78 is 7.41. The number of hydrogen-bond acceptors (Lipinski definition) is 5. The fraction of sp³-hybridized carbons (Fsp3) is 0.174. The number of rotatable bonds is 7. The first kappa shape index (κ1) is 19.2. The molecule has 2 heterocycles. The molecule has 0 aliphatic rings. The lowest BCUT2D eigenvalue weighted by Crippen LogP contribution is -2.00. The lowest BCUT2D eigenvalue weighted by atomic mass is 10.2. The van der Waals surface area contributed by atoms with Gasteiger partial charge in [-0.1, -0.05) is 29.5 Å². The van der Waals surface area contributed by atoms with E-state index >= 15 is 0 Å². The molecule has 0 fully saturated rings. The van der Waals surface area contributed by atoms with Crippen molar-refractivity contribution in [2.45, 2.75) is 18.5 Å². The first-order valence-electron chi connectivity index (χ1n) is 9.43. The summed E-state index contributed by atoms with van der Waals surface area (Å²) in [6.07, 6.45) is 4.61. The van der Waals surface area contributed by atoms with Crippen molar-refractivity contribution in [3.63, 3.8) is 0 Å². The summed E-state index contributed by atoms with van der Waals surface area (Å²) >= 11 is 1.71. The quantitative estimate of drug-likeness (QED) is 0.408. The monoisotopic (exact) mass is 402 g/mol. The van der Waals surface area contributed by atoms with Crippen LogP contribution in [-0.2, 0) is 6.42 Å². The van der Waals surface area contributed by atoms with E-state index in [0.717, 1.165) is 40.2 Å². The van der Waals surface area contributed by atoms with Crippen LogP contribution in [0.15, 0.2) is 78.2 Å². The largest absolute Gasteiger partial charge is 0.497 e. The van der Waals surface area contributed by atoms with Crippen LogP contribution in [0.2, 0.25) is 0 Å². The minimum atomic E-state index is 0.821. The third-order valence-corrected chi connectivity index (χ3v) is 5.58. The molecule has 5 nitrogen and oxygen atoms in total. The van der Waals surface area contributed by atoms with E-state index in [4.69, 9.17) is 4.74 Å². The summed E-state index contributed by atoms with van der Waals surface area (Å²) in [5.41, 5.74) is 4.54. The third kappa shape index (κ3) is 4.49. The molecule has 4 rings (SSSR count). The zero-order valence-electron chi connectivity index (χ0n) is 16.4. The van der Waals surface area contributed by atoms with Gasteiger partial charge < -0.3 is 4.74 Å². The molecule has 6 heteroatoms. The average Bonchev–Trinajstić information content (AvgIpc) is 3.19. The van der Waals surface area contributed by atoms with Gasteiger partial charge in [0.1, 0.15) is 5.75 Å². The SMILES string of the molecule is COc1ccc(-c2nnc(SCCc3ccncc3)n2-c2ccc(C)cc2)cc1. The van der Waals surface area contributed by atoms with E-state index in [1.165, 1.54) is 11.1 Å². The first-order valence-corrected chi connectivity index (χ1v) is 10.4. The van der Waals surface area contributed by atoms with E-state index in [-0.39, 0.29) is 0 Å². The first-order chi connectivity index (χ1) is 14.2. The third-order valence-electron chi connectivity index (χ3n) is 4.65. The molecule has 0 radical (unpaired) electrons. The Labute approximate surface area is 174 Å². The highest BCUT2D eigenvalue weighted by atomic mass is 32.2. The van der Waals surface area contributed by atoms with Gasteiger partial charge in [0.2, 0.25) is 0 Å². The smallest absolute Gasteiger partial charge is 0.196 e. The number of benzene rings is 2. The maximum atomic E-state index is 5.28. The second-order valence-electron chi connectivity index (χ2n) is 6.66. The Balaban J connectivity index is 1.65. The summed E-state index contributed by atoms with van der Waals surface area (Å²) in [7, 11) is 1.67. The van der Waals surface area contributed by atoms with Crippen LogP contribution in [0.1, 0.15) is 11.1 Å². The van der Waals surface area contributed by atoms with Crippen LogP contribution in [0.3, 0.4) is 0 Å². The molecule has 4 aromatic rings. The molecule has 0 bridgehead atoms. The van der Waals surface area contributed by atoms with Crippen LogP contribution < -0.4 is 4.74 Å². The van der Waals surface area contributed by atoms with Crippen LogP contribution >= 0.6 is 11.8 Å². The van der Waals surface area contributed by atoms with Crippen molar-refractivity contribution < 1.29 is 4.74 Å². The van der Waals surface area contributed by atoms with Crippen LogP contribution in [0.5, 0.6) is 5.75 Å². The van der Waals surface area contributed by atoms with Crippen LogP contribution in [0.4, 0.5) is 0 Å². The second kappa shape index (κ2) is 8.92. The van der Waals surface area contributed by atoms with E-state index in [1.54, 1.807) is 18.9 Å². The van der Waals surface area contributed by atoms with Crippen molar-refractivity contribution in [1.29, 1.82) is 0 Å². The molecule has 0 spiro atoms. The molecule has 0 aliphatic heterocycles. The molecule has 0 aliphatic carbocycles. The van der Waals surface area contributed by atoms with E-state index < -0.39 is 0 Å². The van der Waals surface area contributed by atoms with Gasteiger partial charge in [0.05, 0.1) is 7.11 Å².